The summed E-state index contributed by atoms with van der Waals surface area (Å²) in [4.78, 5) is 2.16. The van der Waals surface area contributed by atoms with E-state index in [9.17, 15) is 8.42 Å². The molecule has 8 heteroatoms. The van der Waals surface area contributed by atoms with Gasteiger partial charge in [-0.2, -0.15) is 0 Å². The van der Waals surface area contributed by atoms with Crippen molar-refractivity contribution < 1.29 is 22.6 Å². The summed E-state index contributed by atoms with van der Waals surface area (Å²) in [6, 6.07) is 11.9. The SMILES string of the molecule is COc1ccc(S(=O)(=O)Nc2ccccc2N2CCOCC2)c(OC)c1. The van der Waals surface area contributed by atoms with Gasteiger partial charge in [0.15, 0.2) is 0 Å². The highest BCUT2D eigenvalue weighted by Gasteiger charge is 2.23. The van der Waals surface area contributed by atoms with Crippen LogP contribution in [0, 0.1) is 0 Å². The van der Waals surface area contributed by atoms with Gasteiger partial charge in [0.05, 0.1) is 38.8 Å². The molecule has 0 unspecified atom stereocenters. The minimum atomic E-state index is -3.83. The lowest BCUT2D eigenvalue weighted by Crippen LogP contribution is -2.36. The lowest BCUT2D eigenvalue weighted by molar-refractivity contribution is 0.123. The van der Waals surface area contributed by atoms with Crippen LogP contribution >= 0.6 is 0 Å². The molecule has 1 heterocycles. The van der Waals surface area contributed by atoms with Crippen molar-refractivity contribution in [3.8, 4) is 11.5 Å². The molecule has 0 amide bonds. The standard InChI is InChI=1S/C18H22N2O5S/c1-23-14-7-8-18(17(13-14)24-2)26(21,22)19-15-5-3-4-6-16(15)20-9-11-25-12-10-20/h3-8,13,19H,9-12H2,1-2H3. The van der Waals surface area contributed by atoms with Gasteiger partial charge in [0, 0.05) is 19.2 Å². The van der Waals surface area contributed by atoms with Crippen LogP contribution in [0.2, 0.25) is 0 Å². The lowest BCUT2D eigenvalue weighted by atomic mass is 10.2. The zero-order chi connectivity index (χ0) is 18.6. The molecule has 140 valence electrons. The van der Waals surface area contributed by atoms with E-state index in [1.807, 2.05) is 12.1 Å². The maximum atomic E-state index is 12.9. The number of anilines is 2. The minimum absolute atomic E-state index is 0.0533. The third kappa shape index (κ3) is 3.86. The molecule has 0 aromatic heterocycles. The molecule has 2 aromatic rings. The number of hydrogen-bond acceptors (Lipinski definition) is 6. The highest BCUT2D eigenvalue weighted by molar-refractivity contribution is 7.92. The molecule has 26 heavy (non-hydrogen) atoms. The molecule has 0 spiro atoms. The van der Waals surface area contributed by atoms with E-state index in [0.717, 1.165) is 5.69 Å². The van der Waals surface area contributed by atoms with Gasteiger partial charge in [-0.05, 0) is 24.3 Å². The van der Waals surface area contributed by atoms with Crippen LogP contribution in [0.3, 0.4) is 0 Å². The number of ether oxygens (including phenoxy) is 3. The second-order valence-corrected chi connectivity index (χ2v) is 7.39. The second kappa shape index (κ2) is 7.84. The van der Waals surface area contributed by atoms with E-state index in [-0.39, 0.29) is 10.6 Å². The van der Waals surface area contributed by atoms with Crippen LogP contribution in [-0.2, 0) is 14.8 Å². The molecule has 0 saturated carbocycles. The van der Waals surface area contributed by atoms with Gasteiger partial charge in [0.2, 0.25) is 0 Å². The summed E-state index contributed by atoms with van der Waals surface area (Å²) in [5.74, 6) is 0.746. The van der Waals surface area contributed by atoms with Crippen LogP contribution < -0.4 is 19.1 Å². The van der Waals surface area contributed by atoms with Crippen LogP contribution in [0.4, 0.5) is 11.4 Å². The topological polar surface area (TPSA) is 77.1 Å². The fraction of sp³-hybridized carbons (Fsp3) is 0.333. The zero-order valence-electron chi connectivity index (χ0n) is 14.8. The quantitative estimate of drug-likeness (QED) is 0.831. The van der Waals surface area contributed by atoms with E-state index in [2.05, 4.69) is 9.62 Å². The van der Waals surface area contributed by atoms with E-state index in [4.69, 9.17) is 14.2 Å². The fourth-order valence-electron chi connectivity index (χ4n) is 2.84. The number of methoxy groups -OCH3 is 2. The Morgan fingerprint density at radius 1 is 1.04 bits per heavy atom. The Hall–Kier alpha value is -2.45. The predicted molar refractivity (Wildman–Crippen MR) is 99.8 cm³/mol. The van der Waals surface area contributed by atoms with Gasteiger partial charge < -0.3 is 19.1 Å². The van der Waals surface area contributed by atoms with Gasteiger partial charge >= 0.3 is 0 Å². The Labute approximate surface area is 153 Å². The van der Waals surface area contributed by atoms with Crippen LogP contribution in [0.1, 0.15) is 0 Å². The monoisotopic (exact) mass is 378 g/mol. The molecule has 1 aliphatic heterocycles. The van der Waals surface area contributed by atoms with Gasteiger partial charge in [-0.25, -0.2) is 8.42 Å². The van der Waals surface area contributed by atoms with Crippen molar-refractivity contribution in [3.63, 3.8) is 0 Å². The highest BCUT2D eigenvalue weighted by atomic mass is 32.2. The van der Waals surface area contributed by atoms with Crippen molar-refractivity contribution in [2.75, 3.05) is 50.1 Å². The Bertz CT molecular complexity index is 864. The lowest BCUT2D eigenvalue weighted by Gasteiger charge is -2.30. The van der Waals surface area contributed by atoms with Crippen molar-refractivity contribution in [1.82, 2.24) is 0 Å². The van der Waals surface area contributed by atoms with E-state index in [1.54, 1.807) is 24.3 Å². The molecule has 0 radical (unpaired) electrons. The molecule has 2 aromatic carbocycles. The number of rotatable bonds is 6. The van der Waals surface area contributed by atoms with Gasteiger partial charge in [-0.15, -0.1) is 0 Å². The summed E-state index contributed by atoms with van der Waals surface area (Å²) in [7, 11) is -0.891. The van der Waals surface area contributed by atoms with E-state index >= 15 is 0 Å². The predicted octanol–water partition coefficient (Wildman–Crippen LogP) is 2.34. The largest absolute Gasteiger partial charge is 0.497 e. The fourth-order valence-corrected chi connectivity index (χ4v) is 4.06. The third-order valence-corrected chi connectivity index (χ3v) is 5.57. The van der Waals surface area contributed by atoms with Crippen molar-refractivity contribution >= 4 is 21.4 Å². The number of para-hydroxylation sites is 2. The average molecular weight is 378 g/mol. The van der Waals surface area contributed by atoms with Crippen molar-refractivity contribution in [2.45, 2.75) is 4.90 Å². The average Bonchev–Trinajstić information content (AvgIpc) is 2.68. The summed E-state index contributed by atoms with van der Waals surface area (Å²) < 4.78 is 44.3. The van der Waals surface area contributed by atoms with Crippen LogP contribution in [0.5, 0.6) is 11.5 Å². The highest BCUT2D eigenvalue weighted by Crippen LogP contribution is 2.32. The Kier molecular flexibility index (Phi) is 5.53. The number of benzene rings is 2. The molecule has 1 aliphatic rings. The first kappa shape index (κ1) is 18.3. The molecule has 3 rings (SSSR count). The first-order valence-electron chi connectivity index (χ1n) is 8.22. The van der Waals surface area contributed by atoms with E-state index < -0.39 is 10.0 Å². The summed E-state index contributed by atoms with van der Waals surface area (Å²) in [6.45, 7) is 2.66. The first-order valence-corrected chi connectivity index (χ1v) is 9.70. The smallest absolute Gasteiger partial charge is 0.265 e. The van der Waals surface area contributed by atoms with Crippen LogP contribution in [0.25, 0.3) is 0 Å². The van der Waals surface area contributed by atoms with Gasteiger partial charge in [0.1, 0.15) is 16.4 Å². The summed E-state index contributed by atoms with van der Waals surface area (Å²) in [6.07, 6.45) is 0. The minimum Gasteiger partial charge on any atom is -0.497 e. The summed E-state index contributed by atoms with van der Waals surface area (Å²) >= 11 is 0. The third-order valence-electron chi connectivity index (χ3n) is 4.16. The molecule has 0 aliphatic carbocycles. The normalized spacial score (nSPS) is 14.8. The molecular formula is C18H22N2O5S. The number of nitrogens with zero attached hydrogens (tertiary/aromatic N) is 1. The maximum Gasteiger partial charge on any atom is 0.265 e. The number of sulfonamides is 1. The number of hydrogen-bond donors (Lipinski definition) is 1. The Morgan fingerprint density at radius 3 is 2.46 bits per heavy atom. The molecule has 1 N–H and O–H groups in total. The zero-order valence-corrected chi connectivity index (χ0v) is 15.6. The van der Waals surface area contributed by atoms with Gasteiger partial charge in [0.25, 0.3) is 10.0 Å². The maximum absolute atomic E-state index is 12.9. The molecule has 1 fully saturated rings. The second-order valence-electron chi connectivity index (χ2n) is 5.74. The van der Waals surface area contributed by atoms with Crippen LogP contribution in [-0.4, -0.2) is 48.9 Å². The molecule has 0 bridgehead atoms. The van der Waals surface area contributed by atoms with E-state index in [0.29, 0.717) is 37.7 Å². The Morgan fingerprint density at radius 2 is 1.77 bits per heavy atom. The number of nitrogens with one attached hydrogen (secondary N) is 1. The van der Waals surface area contributed by atoms with Crippen molar-refractivity contribution in [2.24, 2.45) is 0 Å². The summed E-state index contributed by atoms with van der Waals surface area (Å²) in [5, 5.41) is 0. The van der Waals surface area contributed by atoms with Crippen molar-refractivity contribution in [3.05, 3.63) is 42.5 Å². The summed E-state index contributed by atoms with van der Waals surface area (Å²) in [5.41, 5.74) is 1.35. The Balaban J connectivity index is 1.93. The molecular weight excluding hydrogens is 356 g/mol. The molecule has 7 nitrogen and oxygen atoms in total. The first-order chi connectivity index (χ1) is 12.5. The number of morpholine rings is 1. The molecule has 0 atom stereocenters. The van der Waals surface area contributed by atoms with Crippen LogP contribution in [0.15, 0.2) is 47.4 Å². The van der Waals surface area contributed by atoms with E-state index in [1.165, 1.54) is 20.3 Å². The van der Waals surface area contributed by atoms with Crippen molar-refractivity contribution in [1.29, 1.82) is 0 Å². The van der Waals surface area contributed by atoms with Gasteiger partial charge in [-0.1, -0.05) is 12.1 Å². The van der Waals surface area contributed by atoms with Gasteiger partial charge in [-0.3, -0.25) is 4.72 Å². The molecule has 1 saturated heterocycles.